The number of phenolic OH excluding ortho intramolecular Hbond substituents is 1. The number of nitrogens with zero attached hydrogens (tertiary/aromatic N) is 1. The zero-order valence-corrected chi connectivity index (χ0v) is 22.3. The Morgan fingerprint density at radius 2 is 1.61 bits per heavy atom. The molecule has 38 heavy (non-hydrogen) atoms. The van der Waals surface area contributed by atoms with E-state index in [9.17, 15) is 14.7 Å². The topological polar surface area (TPSA) is 113 Å². The van der Waals surface area contributed by atoms with Crippen molar-refractivity contribution >= 4 is 17.5 Å². The largest absolute Gasteiger partial charge is 0.504 e. The second-order valence-electron chi connectivity index (χ2n) is 9.30. The van der Waals surface area contributed by atoms with Crippen molar-refractivity contribution in [1.29, 1.82) is 0 Å². The van der Waals surface area contributed by atoms with Crippen molar-refractivity contribution in [1.82, 2.24) is 0 Å². The lowest BCUT2D eigenvalue weighted by Crippen LogP contribution is -2.38. The molecule has 9 nitrogen and oxygen atoms in total. The monoisotopic (exact) mass is 523 g/mol. The Kier molecular flexibility index (Phi) is 8.36. The van der Waals surface area contributed by atoms with Crippen LogP contribution in [0.5, 0.6) is 23.0 Å². The summed E-state index contributed by atoms with van der Waals surface area (Å²) in [4.78, 5) is 31.8. The predicted octanol–water partition coefficient (Wildman–Crippen LogP) is 4.18. The van der Waals surface area contributed by atoms with Gasteiger partial charge >= 0.3 is 5.97 Å². The predicted molar refractivity (Wildman–Crippen MR) is 140 cm³/mol. The number of carbonyl (C=O) groups excluding carboxylic acids is 2. The summed E-state index contributed by atoms with van der Waals surface area (Å²) in [5.41, 5.74) is 3.21. The van der Waals surface area contributed by atoms with Crippen molar-refractivity contribution in [3.63, 3.8) is 0 Å². The normalized spacial score (nSPS) is 20.9. The molecule has 9 heteroatoms. The van der Waals surface area contributed by atoms with Gasteiger partial charge in [0.05, 0.1) is 27.9 Å². The van der Waals surface area contributed by atoms with Crippen LogP contribution < -0.4 is 14.2 Å². The molecular formula is C29H33NO8. The van der Waals surface area contributed by atoms with E-state index in [2.05, 4.69) is 0 Å². The third-order valence-corrected chi connectivity index (χ3v) is 7.12. The van der Waals surface area contributed by atoms with Gasteiger partial charge in [0.15, 0.2) is 28.8 Å². The first-order chi connectivity index (χ1) is 18.3. The van der Waals surface area contributed by atoms with Gasteiger partial charge in [-0.05, 0) is 54.7 Å². The number of Topliss-reactive ketones (excluding diaryl/α,β-unsaturated/α-hetero) is 1. The van der Waals surface area contributed by atoms with E-state index < -0.39 is 17.8 Å². The number of ether oxygens (including phenoxy) is 5. The Morgan fingerprint density at radius 3 is 2.26 bits per heavy atom. The third kappa shape index (κ3) is 5.24. The zero-order valence-electron chi connectivity index (χ0n) is 22.3. The maximum Gasteiger partial charge on any atom is 0.315 e. The highest BCUT2D eigenvalue weighted by Crippen LogP contribution is 2.48. The van der Waals surface area contributed by atoms with Crippen LogP contribution in [0.15, 0.2) is 52.7 Å². The molecule has 0 aromatic heterocycles. The molecular weight excluding hydrogens is 490 g/mol. The van der Waals surface area contributed by atoms with E-state index in [1.54, 1.807) is 33.3 Å². The second-order valence-corrected chi connectivity index (χ2v) is 9.30. The number of aromatic hydroxyl groups is 1. The molecule has 2 aromatic rings. The summed E-state index contributed by atoms with van der Waals surface area (Å²) >= 11 is 0. The van der Waals surface area contributed by atoms with Gasteiger partial charge in [0.1, 0.15) is 12.5 Å². The zero-order chi connectivity index (χ0) is 27.4. The number of rotatable bonds is 9. The molecule has 1 unspecified atom stereocenters. The van der Waals surface area contributed by atoms with E-state index in [1.807, 2.05) is 18.2 Å². The number of methoxy groups -OCH3 is 4. The highest BCUT2D eigenvalue weighted by atomic mass is 16.6. The van der Waals surface area contributed by atoms with Crippen LogP contribution in [0.2, 0.25) is 0 Å². The van der Waals surface area contributed by atoms with Crippen LogP contribution in [0.4, 0.5) is 0 Å². The molecule has 1 heterocycles. The number of ketones is 1. The Bertz CT molecular complexity index is 1280. The molecule has 4 rings (SSSR count). The Balaban J connectivity index is 1.76. The van der Waals surface area contributed by atoms with Gasteiger partial charge in [-0.25, -0.2) is 0 Å². The smallest absolute Gasteiger partial charge is 0.315 e. The van der Waals surface area contributed by atoms with Crippen LogP contribution in [0.25, 0.3) is 0 Å². The Hall–Kier alpha value is -3.85. The van der Waals surface area contributed by atoms with Gasteiger partial charge < -0.3 is 28.8 Å². The summed E-state index contributed by atoms with van der Waals surface area (Å²) in [6, 6.07) is 10.6. The van der Waals surface area contributed by atoms with Crippen LogP contribution in [-0.2, 0) is 19.1 Å². The van der Waals surface area contributed by atoms with Gasteiger partial charge in [0.25, 0.3) is 0 Å². The number of aliphatic imine (C=N–C) groups is 1. The summed E-state index contributed by atoms with van der Waals surface area (Å²) in [6.07, 6.45) is 0.755. The van der Waals surface area contributed by atoms with E-state index in [0.717, 1.165) is 5.56 Å². The molecule has 0 amide bonds. The summed E-state index contributed by atoms with van der Waals surface area (Å²) in [7, 11) is 6.13. The molecule has 202 valence electrons. The van der Waals surface area contributed by atoms with Gasteiger partial charge in [-0.3, -0.25) is 14.6 Å². The first-order valence-electron chi connectivity index (χ1n) is 12.4. The van der Waals surface area contributed by atoms with Gasteiger partial charge in [0, 0.05) is 36.4 Å². The van der Waals surface area contributed by atoms with Crippen LogP contribution in [-0.4, -0.2) is 64.2 Å². The maximum absolute atomic E-state index is 13.8. The number of hydrogen-bond donors (Lipinski definition) is 1. The average Bonchev–Trinajstić information content (AvgIpc) is 2.91. The first-order valence-corrected chi connectivity index (χ1v) is 12.4. The number of allylic oxidation sites excluding steroid dienone is 2. The lowest BCUT2D eigenvalue weighted by molar-refractivity contribution is -0.147. The average molecular weight is 524 g/mol. The van der Waals surface area contributed by atoms with Crippen molar-refractivity contribution in [2.75, 3.05) is 41.7 Å². The molecule has 0 fully saturated rings. The van der Waals surface area contributed by atoms with Gasteiger partial charge in [-0.15, -0.1) is 0 Å². The molecule has 2 aromatic carbocycles. The van der Waals surface area contributed by atoms with Crippen molar-refractivity contribution in [2.24, 2.45) is 10.9 Å². The maximum atomic E-state index is 13.8. The van der Waals surface area contributed by atoms with E-state index >= 15 is 0 Å². The fourth-order valence-electron chi connectivity index (χ4n) is 5.28. The number of benzene rings is 2. The summed E-state index contributed by atoms with van der Waals surface area (Å²) < 4.78 is 26.5. The minimum atomic E-state index is -0.819. The van der Waals surface area contributed by atoms with E-state index in [0.29, 0.717) is 46.2 Å². The van der Waals surface area contributed by atoms with Crippen LogP contribution >= 0.6 is 0 Å². The molecule has 0 saturated carbocycles. The molecule has 0 bridgehead atoms. The quantitative estimate of drug-likeness (QED) is 0.385. The number of phenols is 1. The standard InChI is InChI=1S/C29H33NO8/c1-16-26(29(33)38-11-10-34-2)27(18-7-8-23(35-3)21(31)13-18)28-20(30-16)12-19(14-22(28)32)17-6-9-24(36-4)25(15-17)37-5/h6-9,13,15,19,26-27,31H,10-12,14H2,1-5H3/t19-,26?,27+/m1/s1. The Morgan fingerprint density at radius 1 is 0.921 bits per heavy atom. The summed E-state index contributed by atoms with van der Waals surface area (Å²) in [5, 5.41) is 10.5. The SMILES string of the molecule is COCCOC(=O)C1C(C)=NC2=C(C(=O)C[C@H](c3ccc(OC)c(OC)c3)C2)[C@H]1c1ccc(OC)c(O)c1. The summed E-state index contributed by atoms with van der Waals surface area (Å²) in [6.45, 7) is 2.11. The van der Waals surface area contributed by atoms with Gasteiger partial charge in [0.2, 0.25) is 0 Å². The Labute approximate surface area is 222 Å². The fraction of sp³-hybridized carbons (Fsp3) is 0.414. The van der Waals surface area contributed by atoms with Crippen LogP contribution in [0.3, 0.4) is 0 Å². The highest BCUT2D eigenvalue weighted by Gasteiger charge is 2.45. The number of carbonyl (C=O) groups is 2. The van der Waals surface area contributed by atoms with Crippen LogP contribution in [0.1, 0.15) is 42.7 Å². The van der Waals surface area contributed by atoms with Crippen molar-refractivity contribution in [2.45, 2.75) is 31.6 Å². The molecule has 2 aliphatic rings. The van der Waals surface area contributed by atoms with E-state index in [4.69, 9.17) is 28.7 Å². The second kappa shape index (κ2) is 11.7. The molecule has 0 radical (unpaired) electrons. The van der Waals surface area contributed by atoms with Crippen molar-refractivity contribution in [3.8, 4) is 23.0 Å². The minimum Gasteiger partial charge on any atom is -0.504 e. The van der Waals surface area contributed by atoms with Gasteiger partial charge in [-0.2, -0.15) is 0 Å². The van der Waals surface area contributed by atoms with Crippen molar-refractivity contribution in [3.05, 3.63) is 58.8 Å². The van der Waals surface area contributed by atoms with Crippen LogP contribution in [0, 0.1) is 5.92 Å². The first kappa shape index (κ1) is 27.2. The lowest BCUT2D eigenvalue weighted by atomic mass is 9.69. The highest BCUT2D eigenvalue weighted by molar-refractivity contribution is 6.09. The molecule has 1 N–H and O–H groups in total. The lowest BCUT2D eigenvalue weighted by Gasteiger charge is -2.36. The summed E-state index contributed by atoms with van der Waals surface area (Å²) in [5.74, 6) is -0.773. The van der Waals surface area contributed by atoms with Crippen molar-refractivity contribution < 1.29 is 38.4 Å². The minimum absolute atomic E-state index is 0.0784. The molecule has 3 atom stereocenters. The molecule has 1 aliphatic carbocycles. The van der Waals surface area contributed by atoms with E-state index in [-0.39, 0.29) is 37.1 Å². The molecule has 0 spiro atoms. The molecule has 1 aliphatic heterocycles. The van der Waals surface area contributed by atoms with E-state index in [1.165, 1.54) is 20.3 Å². The van der Waals surface area contributed by atoms with Gasteiger partial charge in [-0.1, -0.05) is 12.1 Å². The fourth-order valence-corrected chi connectivity index (χ4v) is 5.28. The molecule has 0 saturated heterocycles. The number of hydrogen-bond acceptors (Lipinski definition) is 9. The number of esters is 1. The third-order valence-electron chi connectivity index (χ3n) is 7.12.